The van der Waals surface area contributed by atoms with Crippen LogP contribution in [0.2, 0.25) is 0 Å². The minimum atomic E-state index is -0.0749. The average molecular weight is 413 g/mol. The van der Waals surface area contributed by atoms with Gasteiger partial charge in [-0.05, 0) is 69.2 Å². The Morgan fingerprint density at radius 2 is 1.90 bits per heavy atom. The van der Waals surface area contributed by atoms with E-state index in [1.54, 1.807) is 6.07 Å². The van der Waals surface area contributed by atoms with E-state index >= 15 is 0 Å². The predicted molar refractivity (Wildman–Crippen MR) is 117 cm³/mol. The van der Waals surface area contributed by atoms with E-state index in [0.717, 1.165) is 35.4 Å². The molecule has 0 atom stereocenters. The van der Waals surface area contributed by atoms with Crippen LogP contribution in [-0.2, 0) is 18.3 Å². The van der Waals surface area contributed by atoms with E-state index in [-0.39, 0.29) is 24.3 Å². The Hall–Kier alpha value is -2.67. The number of anilines is 1. The molecule has 7 nitrogen and oxygen atoms in total. The van der Waals surface area contributed by atoms with E-state index in [0.29, 0.717) is 37.2 Å². The van der Waals surface area contributed by atoms with Gasteiger partial charge in [0.05, 0.1) is 5.69 Å². The first-order valence-corrected chi connectivity index (χ1v) is 10.6. The molecule has 0 unspecified atom stereocenters. The third-order valence-electron chi connectivity index (χ3n) is 6.18. The normalized spacial score (nSPS) is 14.8. The summed E-state index contributed by atoms with van der Waals surface area (Å²) in [6.45, 7) is 7.39. The lowest BCUT2D eigenvalue weighted by molar-refractivity contribution is -0.116. The van der Waals surface area contributed by atoms with Crippen LogP contribution in [0, 0.1) is 26.7 Å². The number of rotatable bonds is 6. The van der Waals surface area contributed by atoms with Crippen molar-refractivity contribution in [2.45, 2.75) is 46.5 Å². The first-order valence-electron chi connectivity index (χ1n) is 10.6. The molecule has 1 aromatic heterocycles. The van der Waals surface area contributed by atoms with Crippen molar-refractivity contribution in [2.24, 2.45) is 13.0 Å². The zero-order chi connectivity index (χ0) is 21.8. The summed E-state index contributed by atoms with van der Waals surface area (Å²) in [5, 5.41) is 16.7. The van der Waals surface area contributed by atoms with Gasteiger partial charge in [-0.25, -0.2) is 0 Å². The Kier molecular flexibility index (Phi) is 6.92. The maximum Gasteiger partial charge on any atom is 0.253 e. The molecular weight excluding hydrogens is 380 g/mol. The van der Waals surface area contributed by atoms with Crippen molar-refractivity contribution in [3.05, 3.63) is 46.3 Å². The van der Waals surface area contributed by atoms with Crippen LogP contribution in [0.4, 0.5) is 5.69 Å². The summed E-state index contributed by atoms with van der Waals surface area (Å²) < 4.78 is 1.84. The van der Waals surface area contributed by atoms with E-state index < -0.39 is 0 Å². The number of nitrogens with one attached hydrogen (secondary N) is 1. The lowest BCUT2D eigenvalue weighted by Crippen LogP contribution is -2.39. The largest absolute Gasteiger partial charge is 0.396 e. The van der Waals surface area contributed by atoms with Crippen molar-refractivity contribution < 1.29 is 14.7 Å². The van der Waals surface area contributed by atoms with Crippen LogP contribution in [0.5, 0.6) is 0 Å². The Morgan fingerprint density at radius 3 is 2.50 bits per heavy atom. The van der Waals surface area contributed by atoms with Gasteiger partial charge in [-0.2, -0.15) is 5.10 Å². The second-order valence-electron chi connectivity index (χ2n) is 8.27. The van der Waals surface area contributed by atoms with Crippen LogP contribution in [0.1, 0.15) is 52.1 Å². The molecule has 1 saturated heterocycles. The lowest BCUT2D eigenvalue weighted by atomic mass is 9.97. The second kappa shape index (κ2) is 9.43. The number of hydrogen-bond acceptors (Lipinski definition) is 4. The molecular formula is C23H32N4O3. The predicted octanol–water partition coefficient (Wildman–Crippen LogP) is 2.76. The first-order chi connectivity index (χ1) is 14.3. The number of carbonyl (C=O) groups excluding carboxylic acids is 2. The number of aryl methyl sites for hydroxylation is 3. The van der Waals surface area contributed by atoms with Crippen molar-refractivity contribution in [3.63, 3.8) is 0 Å². The Labute approximate surface area is 178 Å². The quantitative estimate of drug-likeness (QED) is 0.764. The van der Waals surface area contributed by atoms with Gasteiger partial charge in [-0.1, -0.05) is 6.07 Å². The summed E-state index contributed by atoms with van der Waals surface area (Å²) in [5.74, 6) is 0.187. The summed E-state index contributed by atoms with van der Waals surface area (Å²) in [4.78, 5) is 27.3. The Bertz CT molecular complexity index is 927. The number of aromatic nitrogens is 2. The zero-order valence-electron chi connectivity index (χ0n) is 18.4. The van der Waals surface area contributed by atoms with Gasteiger partial charge in [0.2, 0.25) is 5.91 Å². The van der Waals surface area contributed by atoms with Crippen molar-refractivity contribution >= 4 is 17.5 Å². The van der Waals surface area contributed by atoms with E-state index in [2.05, 4.69) is 10.4 Å². The topological polar surface area (TPSA) is 87.5 Å². The Morgan fingerprint density at radius 1 is 1.20 bits per heavy atom. The van der Waals surface area contributed by atoms with Crippen LogP contribution in [0.15, 0.2) is 18.2 Å². The molecule has 2 amide bonds. The summed E-state index contributed by atoms with van der Waals surface area (Å²) in [5.41, 5.74) is 5.32. The van der Waals surface area contributed by atoms with Crippen molar-refractivity contribution in [1.29, 1.82) is 0 Å². The fourth-order valence-corrected chi connectivity index (χ4v) is 4.02. The molecule has 30 heavy (non-hydrogen) atoms. The van der Waals surface area contributed by atoms with E-state index in [9.17, 15) is 14.7 Å². The molecule has 1 aromatic carbocycles. The van der Waals surface area contributed by atoms with Gasteiger partial charge in [-0.3, -0.25) is 14.3 Å². The van der Waals surface area contributed by atoms with Crippen LogP contribution in [0.3, 0.4) is 0 Å². The van der Waals surface area contributed by atoms with Crippen molar-refractivity contribution in [3.8, 4) is 0 Å². The molecule has 1 aliphatic rings. The molecule has 7 heteroatoms. The number of aliphatic hydroxyl groups is 1. The van der Waals surface area contributed by atoms with Crippen molar-refractivity contribution in [2.75, 3.05) is 25.0 Å². The number of hydrogen-bond donors (Lipinski definition) is 2. The molecule has 0 aliphatic carbocycles. The molecule has 162 valence electrons. The maximum absolute atomic E-state index is 12.9. The highest BCUT2D eigenvalue weighted by atomic mass is 16.3. The van der Waals surface area contributed by atoms with Crippen LogP contribution >= 0.6 is 0 Å². The molecule has 1 aliphatic heterocycles. The van der Waals surface area contributed by atoms with Crippen LogP contribution in [0.25, 0.3) is 0 Å². The molecule has 0 radical (unpaired) electrons. The number of benzene rings is 1. The van der Waals surface area contributed by atoms with Gasteiger partial charge in [0.1, 0.15) is 0 Å². The van der Waals surface area contributed by atoms with Crippen molar-refractivity contribution in [1.82, 2.24) is 14.7 Å². The standard InChI is InChI=1S/C23H32N4O3/c1-15-5-6-19(23(30)27-11-9-18(14-28)10-12-27)13-21(15)24-22(29)8-7-20-16(2)25-26(4)17(20)3/h5-6,13,18,28H,7-12,14H2,1-4H3,(H,24,29). The van der Waals surface area contributed by atoms with Gasteiger partial charge in [0, 0.05) is 50.1 Å². The molecule has 3 rings (SSSR count). The highest BCUT2D eigenvalue weighted by Crippen LogP contribution is 2.22. The van der Waals surface area contributed by atoms with Gasteiger partial charge in [-0.15, -0.1) is 0 Å². The molecule has 2 aromatic rings. The fourth-order valence-electron chi connectivity index (χ4n) is 4.02. The number of amides is 2. The van der Waals surface area contributed by atoms with Crippen LogP contribution in [-0.4, -0.2) is 51.3 Å². The summed E-state index contributed by atoms with van der Waals surface area (Å²) in [6, 6.07) is 5.46. The molecule has 2 heterocycles. The minimum absolute atomic E-state index is 0.0245. The van der Waals surface area contributed by atoms with Crippen LogP contribution < -0.4 is 5.32 Å². The van der Waals surface area contributed by atoms with E-state index in [1.165, 1.54) is 0 Å². The maximum atomic E-state index is 12.9. The Balaban J connectivity index is 1.63. The number of nitrogens with zero attached hydrogens (tertiary/aromatic N) is 3. The number of aliphatic hydroxyl groups excluding tert-OH is 1. The third-order valence-corrected chi connectivity index (χ3v) is 6.18. The molecule has 0 spiro atoms. The first kappa shape index (κ1) is 22.0. The van der Waals surface area contributed by atoms with Gasteiger partial charge >= 0.3 is 0 Å². The zero-order valence-corrected chi connectivity index (χ0v) is 18.4. The number of likely N-dealkylation sites (tertiary alicyclic amines) is 1. The van der Waals surface area contributed by atoms with E-state index in [4.69, 9.17) is 0 Å². The highest BCUT2D eigenvalue weighted by molar-refractivity contribution is 5.97. The summed E-state index contributed by atoms with van der Waals surface area (Å²) in [6.07, 6.45) is 2.64. The highest BCUT2D eigenvalue weighted by Gasteiger charge is 2.23. The average Bonchev–Trinajstić information content (AvgIpc) is 2.98. The lowest BCUT2D eigenvalue weighted by Gasteiger charge is -2.31. The smallest absolute Gasteiger partial charge is 0.253 e. The third kappa shape index (κ3) is 4.90. The SMILES string of the molecule is Cc1ccc(C(=O)N2CCC(CO)CC2)cc1NC(=O)CCc1c(C)nn(C)c1C. The minimum Gasteiger partial charge on any atom is -0.396 e. The van der Waals surface area contributed by atoms with Gasteiger partial charge in [0.15, 0.2) is 0 Å². The summed E-state index contributed by atoms with van der Waals surface area (Å²) in [7, 11) is 1.91. The van der Waals surface area contributed by atoms with E-state index in [1.807, 2.05) is 49.5 Å². The molecule has 1 fully saturated rings. The summed E-state index contributed by atoms with van der Waals surface area (Å²) >= 11 is 0. The molecule has 0 saturated carbocycles. The monoisotopic (exact) mass is 412 g/mol. The number of piperidine rings is 1. The number of carbonyl (C=O) groups is 2. The van der Waals surface area contributed by atoms with Gasteiger partial charge in [0.25, 0.3) is 5.91 Å². The fraction of sp³-hybridized carbons (Fsp3) is 0.522. The molecule has 2 N–H and O–H groups in total. The van der Waals surface area contributed by atoms with Gasteiger partial charge < -0.3 is 15.3 Å². The molecule has 0 bridgehead atoms. The second-order valence-corrected chi connectivity index (χ2v) is 8.27.